The molecule has 1 rings (SSSR count). The molecule has 1 aliphatic rings. The van der Waals surface area contributed by atoms with Crippen molar-refractivity contribution in [2.75, 3.05) is 24.7 Å². The van der Waals surface area contributed by atoms with Crippen molar-refractivity contribution in [3.63, 3.8) is 0 Å². The van der Waals surface area contributed by atoms with Crippen LogP contribution in [0.25, 0.3) is 0 Å². The SMILES string of the molecule is C#CCN1CCS(=O)(=O)C1. The third kappa shape index (κ3) is 1.72. The lowest BCUT2D eigenvalue weighted by molar-refractivity contribution is 0.399. The van der Waals surface area contributed by atoms with Crippen LogP contribution in [0.2, 0.25) is 0 Å². The quantitative estimate of drug-likeness (QED) is 0.475. The van der Waals surface area contributed by atoms with E-state index in [1.54, 1.807) is 4.90 Å². The topological polar surface area (TPSA) is 37.4 Å². The maximum Gasteiger partial charge on any atom is 0.164 e. The Labute approximate surface area is 60.9 Å². The second kappa shape index (κ2) is 2.60. The van der Waals surface area contributed by atoms with Crippen molar-refractivity contribution < 1.29 is 8.42 Å². The predicted octanol–water partition coefficient (Wildman–Crippen LogP) is -0.692. The molecule has 1 fully saturated rings. The van der Waals surface area contributed by atoms with E-state index in [2.05, 4.69) is 5.92 Å². The summed E-state index contributed by atoms with van der Waals surface area (Å²) in [7, 11) is -2.79. The number of hydrogen-bond donors (Lipinski definition) is 0. The summed E-state index contributed by atoms with van der Waals surface area (Å²) in [5.74, 6) is 2.80. The summed E-state index contributed by atoms with van der Waals surface area (Å²) in [4.78, 5) is 1.75. The Bertz CT molecular complexity index is 249. The Morgan fingerprint density at radius 1 is 1.60 bits per heavy atom. The van der Waals surface area contributed by atoms with E-state index in [9.17, 15) is 8.42 Å². The van der Waals surface area contributed by atoms with Crippen LogP contribution in [-0.2, 0) is 9.84 Å². The van der Waals surface area contributed by atoms with Crippen molar-refractivity contribution in [1.82, 2.24) is 4.90 Å². The highest BCUT2D eigenvalue weighted by atomic mass is 32.2. The first-order valence-corrected chi connectivity index (χ1v) is 4.82. The van der Waals surface area contributed by atoms with Crippen LogP contribution in [0.4, 0.5) is 0 Å². The third-order valence-electron chi connectivity index (χ3n) is 1.41. The molecule has 1 heterocycles. The van der Waals surface area contributed by atoms with Gasteiger partial charge in [0, 0.05) is 6.54 Å². The summed E-state index contributed by atoms with van der Waals surface area (Å²) in [6, 6.07) is 0. The zero-order chi connectivity index (χ0) is 7.61. The fourth-order valence-corrected chi connectivity index (χ4v) is 2.37. The van der Waals surface area contributed by atoms with Crippen molar-refractivity contribution in [1.29, 1.82) is 0 Å². The van der Waals surface area contributed by atoms with Gasteiger partial charge in [-0.2, -0.15) is 0 Å². The average molecular weight is 159 g/mol. The van der Waals surface area contributed by atoms with Gasteiger partial charge in [-0.15, -0.1) is 6.42 Å². The van der Waals surface area contributed by atoms with Crippen LogP contribution in [0, 0.1) is 12.3 Å². The molecule has 0 aliphatic carbocycles. The van der Waals surface area contributed by atoms with Gasteiger partial charge in [0.15, 0.2) is 9.84 Å². The summed E-state index contributed by atoms with van der Waals surface area (Å²) in [5, 5.41) is 0. The van der Waals surface area contributed by atoms with Crippen LogP contribution in [0.5, 0.6) is 0 Å². The van der Waals surface area contributed by atoms with E-state index in [0.29, 0.717) is 13.1 Å². The lowest BCUT2D eigenvalue weighted by Crippen LogP contribution is -2.20. The fraction of sp³-hybridized carbons (Fsp3) is 0.667. The Kier molecular flexibility index (Phi) is 1.97. The molecule has 0 aromatic heterocycles. The molecule has 1 saturated heterocycles. The molecule has 0 bridgehead atoms. The van der Waals surface area contributed by atoms with Crippen molar-refractivity contribution in [3.8, 4) is 12.3 Å². The largest absolute Gasteiger partial charge is 0.278 e. The van der Waals surface area contributed by atoms with Crippen molar-refractivity contribution >= 4 is 9.84 Å². The second-order valence-corrected chi connectivity index (χ2v) is 4.49. The minimum absolute atomic E-state index is 0.136. The molecule has 10 heavy (non-hydrogen) atoms. The molecule has 56 valence electrons. The Morgan fingerprint density at radius 2 is 2.30 bits per heavy atom. The van der Waals surface area contributed by atoms with Gasteiger partial charge in [0.1, 0.15) is 5.88 Å². The molecule has 1 aliphatic heterocycles. The number of nitrogens with zero attached hydrogens (tertiary/aromatic N) is 1. The molecule has 0 unspecified atom stereocenters. The molecule has 0 N–H and O–H groups in total. The van der Waals surface area contributed by atoms with Crippen LogP contribution in [0.3, 0.4) is 0 Å². The van der Waals surface area contributed by atoms with E-state index in [1.165, 1.54) is 0 Å². The minimum Gasteiger partial charge on any atom is -0.278 e. The molecule has 0 aromatic rings. The first-order valence-electron chi connectivity index (χ1n) is 3.00. The van der Waals surface area contributed by atoms with E-state index in [0.717, 1.165) is 0 Å². The van der Waals surface area contributed by atoms with Gasteiger partial charge in [-0.05, 0) is 0 Å². The normalized spacial score (nSPS) is 24.3. The first-order chi connectivity index (χ1) is 4.64. The Balaban J connectivity index is 2.54. The highest BCUT2D eigenvalue weighted by molar-refractivity contribution is 7.91. The summed E-state index contributed by atoms with van der Waals surface area (Å²) in [5.41, 5.74) is 0. The molecule has 0 aromatic carbocycles. The highest BCUT2D eigenvalue weighted by Gasteiger charge is 2.24. The summed E-state index contributed by atoms with van der Waals surface area (Å²) >= 11 is 0. The first kappa shape index (κ1) is 7.58. The van der Waals surface area contributed by atoms with Gasteiger partial charge < -0.3 is 0 Å². The maximum absolute atomic E-state index is 10.8. The van der Waals surface area contributed by atoms with E-state index in [1.807, 2.05) is 0 Å². The predicted molar refractivity (Wildman–Crippen MR) is 39.1 cm³/mol. The van der Waals surface area contributed by atoms with Crippen LogP contribution in [-0.4, -0.2) is 38.0 Å². The van der Waals surface area contributed by atoms with Crippen molar-refractivity contribution in [2.45, 2.75) is 0 Å². The molecule has 0 radical (unpaired) electrons. The lowest BCUT2D eigenvalue weighted by atomic mass is 10.5. The molecule has 0 spiro atoms. The van der Waals surface area contributed by atoms with E-state index in [4.69, 9.17) is 6.42 Å². The molecular weight excluding hydrogens is 150 g/mol. The van der Waals surface area contributed by atoms with Crippen LogP contribution < -0.4 is 0 Å². The maximum atomic E-state index is 10.8. The van der Waals surface area contributed by atoms with Gasteiger partial charge in [0.25, 0.3) is 0 Å². The minimum atomic E-state index is -2.79. The fourth-order valence-electron chi connectivity index (χ4n) is 0.929. The number of hydrogen-bond acceptors (Lipinski definition) is 3. The van der Waals surface area contributed by atoms with Crippen LogP contribution >= 0.6 is 0 Å². The van der Waals surface area contributed by atoms with E-state index in [-0.39, 0.29) is 11.6 Å². The highest BCUT2D eigenvalue weighted by Crippen LogP contribution is 2.05. The van der Waals surface area contributed by atoms with Gasteiger partial charge in [-0.1, -0.05) is 5.92 Å². The molecular formula is C6H9NO2S. The van der Waals surface area contributed by atoms with Gasteiger partial charge in [-0.25, -0.2) is 8.42 Å². The second-order valence-electron chi connectivity index (χ2n) is 2.33. The molecule has 0 amide bonds. The number of terminal acetylenes is 1. The number of sulfone groups is 1. The molecule has 0 saturated carbocycles. The van der Waals surface area contributed by atoms with Crippen molar-refractivity contribution in [3.05, 3.63) is 0 Å². The number of rotatable bonds is 1. The van der Waals surface area contributed by atoms with Gasteiger partial charge in [0.2, 0.25) is 0 Å². The summed E-state index contributed by atoms with van der Waals surface area (Å²) < 4.78 is 21.6. The van der Waals surface area contributed by atoms with E-state index >= 15 is 0 Å². The monoisotopic (exact) mass is 159 g/mol. The lowest BCUT2D eigenvalue weighted by Gasteiger charge is -2.05. The average Bonchev–Trinajstić information content (AvgIpc) is 2.12. The zero-order valence-electron chi connectivity index (χ0n) is 5.58. The van der Waals surface area contributed by atoms with Gasteiger partial charge in [0.05, 0.1) is 12.3 Å². The van der Waals surface area contributed by atoms with Gasteiger partial charge in [-0.3, -0.25) is 4.90 Å². The van der Waals surface area contributed by atoms with Gasteiger partial charge >= 0.3 is 0 Å². The Morgan fingerprint density at radius 3 is 2.70 bits per heavy atom. The smallest absolute Gasteiger partial charge is 0.164 e. The van der Waals surface area contributed by atoms with Crippen LogP contribution in [0.15, 0.2) is 0 Å². The summed E-state index contributed by atoms with van der Waals surface area (Å²) in [6.07, 6.45) is 5.01. The van der Waals surface area contributed by atoms with Crippen molar-refractivity contribution in [2.24, 2.45) is 0 Å². The van der Waals surface area contributed by atoms with Crippen LogP contribution in [0.1, 0.15) is 0 Å². The molecule has 0 atom stereocenters. The van der Waals surface area contributed by atoms with E-state index < -0.39 is 9.84 Å². The molecule has 3 nitrogen and oxygen atoms in total. The Hall–Kier alpha value is -0.530. The molecule has 4 heteroatoms. The standard InChI is InChI=1S/C6H9NO2S/c1-2-3-7-4-5-10(8,9)6-7/h1H,3-6H2. The zero-order valence-corrected chi connectivity index (χ0v) is 6.39. The summed E-state index contributed by atoms with van der Waals surface area (Å²) in [6.45, 7) is 1.03. The third-order valence-corrected chi connectivity index (χ3v) is 2.98.